The maximum atomic E-state index is 5.65. The first-order chi connectivity index (χ1) is 7.88. The highest BCUT2D eigenvalue weighted by Crippen LogP contribution is 2.17. The molecule has 0 radical (unpaired) electrons. The maximum absolute atomic E-state index is 5.65. The van der Waals surface area contributed by atoms with Crippen LogP contribution in [0.1, 0.15) is 12.8 Å². The Kier molecular flexibility index (Phi) is 4.25. The van der Waals surface area contributed by atoms with Gasteiger partial charge in [0.15, 0.2) is 0 Å². The monoisotopic (exact) mass is 236 g/mol. The second-order valence-corrected chi connectivity index (χ2v) is 4.16. The van der Waals surface area contributed by atoms with Gasteiger partial charge < -0.3 is 4.74 Å². The molecule has 2 rings (SSSR count). The van der Waals surface area contributed by atoms with Crippen molar-refractivity contribution in [3.05, 3.63) is 24.3 Å². The van der Waals surface area contributed by atoms with Crippen molar-refractivity contribution >= 4 is 18.1 Å². The Labute approximate surface area is 102 Å². The van der Waals surface area contributed by atoms with Gasteiger partial charge in [-0.2, -0.15) is 4.36 Å². The van der Waals surface area contributed by atoms with E-state index in [1.165, 1.54) is 25.9 Å². The molecule has 1 aromatic carbocycles. The first-order valence-corrected chi connectivity index (χ1v) is 6.03. The van der Waals surface area contributed by atoms with E-state index in [0.717, 1.165) is 24.6 Å². The molecular formula is C12H16N2OS. The maximum Gasteiger partial charge on any atom is 0.119 e. The minimum atomic E-state index is 0.754. The number of ether oxygens (including phenoxy) is 1. The molecule has 1 aromatic rings. The summed E-state index contributed by atoms with van der Waals surface area (Å²) in [5.74, 6) is 0.890. The summed E-state index contributed by atoms with van der Waals surface area (Å²) in [5, 5.41) is 0. The van der Waals surface area contributed by atoms with Crippen molar-refractivity contribution in [3.63, 3.8) is 0 Å². The van der Waals surface area contributed by atoms with Crippen LogP contribution >= 0.6 is 0 Å². The number of hydrogen-bond acceptors (Lipinski definition) is 4. The van der Waals surface area contributed by atoms with Gasteiger partial charge in [-0.1, -0.05) is 0 Å². The lowest BCUT2D eigenvalue weighted by molar-refractivity contribution is 0.238. The molecule has 0 amide bonds. The quantitative estimate of drug-likeness (QED) is 0.785. The molecule has 1 aliphatic rings. The molecule has 0 aromatic heterocycles. The van der Waals surface area contributed by atoms with Crippen LogP contribution in [0.3, 0.4) is 0 Å². The van der Waals surface area contributed by atoms with Crippen LogP contribution < -0.4 is 4.74 Å². The topological polar surface area (TPSA) is 24.8 Å². The fraction of sp³-hybridized carbons (Fsp3) is 0.500. The molecule has 1 fully saturated rings. The van der Waals surface area contributed by atoms with Gasteiger partial charge in [-0.05, 0) is 50.2 Å². The lowest BCUT2D eigenvalue weighted by Crippen LogP contribution is -2.25. The third-order valence-electron chi connectivity index (χ3n) is 2.82. The molecule has 0 unspecified atom stereocenters. The molecule has 3 nitrogen and oxygen atoms in total. The van der Waals surface area contributed by atoms with Gasteiger partial charge in [-0.15, -0.1) is 0 Å². The zero-order valence-electron chi connectivity index (χ0n) is 9.26. The molecule has 86 valence electrons. The number of rotatable bonds is 5. The largest absolute Gasteiger partial charge is 0.492 e. The van der Waals surface area contributed by atoms with Crippen LogP contribution in [-0.2, 0) is 12.4 Å². The van der Waals surface area contributed by atoms with E-state index in [4.69, 9.17) is 4.74 Å². The average molecular weight is 236 g/mol. The van der Waals surface area contributed by atoms with Crippen LogP contribution in [-0.4, -0.2) is 31.1 Å². The summed E-state index contributed by atoms with van der Waals surface area (Å²) < 4.78 is 9.32. The third-order valence-corrected chi connectivity index (χ3v) is 3.03. The Morgan fingerprint density at radius 3 is 2.50 bits per heavy atom. The molecule has 0 N–H and O–H groups in total. The first-order valence-electron chi connectivity index (χ1n) is 5.67. The normalized spacial score (nSPS) is 16.2. The van der Waals surface area contributed by atoms with Crippen molar-refractivity contribution in [2.75, 3.05) is 26.2 Å². The summed E-state index contributed by atoms with van der Waals surface area (Å²) in [4.78, 5) is 2.44. The van der Waals surface area contributed by atoms with Gasteiger partial charge in [0, 0.05) is 19.0 Å². The summed E-state index contributed by atoms with van der Waals surface area (Å²) in [6.07, 6.45) is 2.66. The smallest absolute Gasteiger partial charge is 0.119 e. The Hall–Kier alpha value is -1.00. The summed E-state index contributed by atoms with van der Waals surface area (Å²) >= 11 is 4.60. The van der Waals surface area contributed by atoms with Crippen molar-refractivity contribution in [2.45, 2.75) is 12.8 Å². The van der Waals surface area contributed by atoms with Gasteiger partial charge in [0.25, 0.3) is 0 Å². The average Bonchev–Trinajstić information content (AvgIpc) is 2.83. The van der Waals surface area contributed by atoms with Crippen LogP contribution in [0.2, 0.25) is 0 Å². The SMILES string of the molecule is S=Nc1ccc(OCCN2CCCC2)cc1. The second-order valence-electron chi connectivity index (χ2n) is 3.98. The molecule has 1 heterocycles. The van der Waals surface area contributed by atoms with Gasteiger partial charge in [-0.3, -0.25) is 4.90 Å². The third kappa shape index (κ3) is 3.25. The lowest BCUT2D eigenvalue weighted by atomic mass is 10.3. The number of benzene rings is 1. The molecule has 0 bridgehead atoms. The van der Waals surface area contributed by atoms with Gasteiger partial charge in [0.05, 0.1) is 5.69 Å². The molecule has 4 heteroatoms. The minimum absolute atomic E-state index is 0.754. The summed E-state index contributed by atoms with van der Waals surface area (Å²) in [6, 6.07) is 7.57. The summed E-state index contributed by atoms with van der Waals surface area (Å²) in [6.45, 7) is 4.21. The van der Waals surface area contributed by atoms with Crippen LogP contribution in [0.15, 0.2) is 28.6 Å². The van der Waals surface area contributed by atoms with Gasteiger partial charge >= 0.3 is 0 Å². The van der Waals surface area contributed by atoms with E-state index in [1.54, 1.807) is 0 Å². The molecule has 0 saturated carbocycles. The number of likely N-dealkylation sites (tertiary alicyclic amines) is 1. The molecular weight excluding hydrogens is 220 g/mol. The summed E-state index contributed by atoms with van der Waals surface area (Å²) in [5.41, 5.74) is 0.807. The molecule has 0 atom stereocenters. The molecule has 16 heavy (non-hydrogen) atoms. The highest BCUT2D eigenvalue weighted by Gasteiger charge is 2.10. The van der Waals surface area contributed by atoms with Crippen molar-refractivity contribution < 1.29 is 4.74 Å². The Morgan fingerprint density at radius 2 is 1.88 bits per heavy atom. The van der Waals surface area contributed by atoms with Crippen molar-refractivity contribution in [1.82, 2.24) is 4.90 Å². The van der Waals surface area contributed by atoms with E-state index in [1.807, 2.05) is 24.3 Å². The van der Waals surface area contributed by atoms with Crippen molar-refractivity contribution in [1.29, 1.82) is 0 Å². The van der Waals surface area contributed by atoms with Crippen LogP contribution in [0.4, 0.5) is 5.69 Å². The standard InChI is InChI=1S/C12H16N2OS/c16-13-11-3-5-12(6-4-11)15-10-9-14-7-1-2-8-14/h3-6H,1-2,7-10H2. The fourth-order valence-electron chi connectivity index (χ4n) is 1.90. The molecule has 1 saturated heterocycles. The van der Waals surface area contributed by atoms with Gasteiger partial charge in [-0.25, -0.2) is 0 Å². The van der Waals surface area contributed by atoms with E-state index >= 15 is 0 Å². The Balaban J connectivity index is 1.73. The Bertz CT molecular complexity index is 333. The number of nitrogens with zero attached hydrogens (tertiary/aromatic N) is 2. The van der Waals surface area contributed by atoms with Crippen LogP contribution in [0, 0.1) is 0 Å². The number of hydrogen-bond donors (Lipinski definition) is 0. The predicted molar refractivity (Wildman–Crippen MR) is 67.1 cm³/mol. The van der Waals surface area contributed by atoms with E-state index in [0.29, 0.717) is 0 Å². The van der Waals surface area contributed by atoms with E-state index < -0.39 is 0 Å². The lowest BCUT2D eigenvalue weighted by Gasteiger charge is -2.14. The Morgan fingerprint density at radius 1 is 1.19 bits per heavy atom. The zero-order valence-corrected chi connectivity index (χ0v) is 10.1. The van der Waals surface area contributed by atoms with Crippen LogP contribution in [0.5, 0.6) is 5.75 Å². The molecule has 1 aliphatic heterocycles. The first kappa shape index (κ1) is 11.5. The van der Waals surface area contributed by atoms with Gasteiger partial charge in [0.2, 0.25) is 0 Å². The van der Waals surface area contributed by atoms with E-state index in [2.05, 4.69) is 21.7 Å². The molecule has 0 aliphatic carbocycles. The highest BCUT2D eigenvalue weighted by atomic mass is 32.1. The highest BCUT2D eigenvalue weighted by molar-refractivity contribution is 7.47. The minimum Gasteiger partial charge on any atom is -0.492 e. The summed E-state index contributed by atoms with van der Waals surface area (Å²) in [7, 11) is 0. The fourth-order valence-corrected chi connectivity index (χ4v) is 2.02. The predicted octanol–water partition coefficient (Wildman–Crippen LogP) is 2.52. The van der Waals surface area contributed by atoms with Crippen LogP contribution in [0.25, 0.3) is 0 Å². The van der Waals surface area contributed by atoms with E-state index in [-0.39, 0.29) is 0 Å². The van der Waals surface area contributed by atoms with Gasteiger partial charge in [0.1, 0.15) is 12.4 Å². The van der Waals surface area contributed by atoms with E-state index in [9.17, 15) is 0 Å². The zero-order chi connectivity index (χ0) is 11.2. The second kappa shape index (κ2) is 5.92. The van der Waals surface area contributed by atoms with Crippen molar-refractivity contribution in [3.8, 4) is 5.75 Å². The molecule has 0 spiro atoms. The van der Waals surface area contributed by atoms with Crippen molar-refractivity contribution in [2.24, 2.45) is 4.36 Å².